The summed E-state index contributed by atoms with van der Waals surface area (Å²) in [4.78, 5) is 11.1. The van der Waals surface area contributed by atoms with Crippen molar-refractivity contribution in [3.05, 3.63) is 0 Å². The molecule has 0 unspecified atom stereocenters. The summed E-state index contributed by atoms with van der Waals surface area (Å²) in [5, 5.41) is 0. The van der Waals surface area contributed by atoms with Crippen molar-refractivity contribution in [2.45, 2.75) is 64.9 Å². The van der Waals surface area contributed by atoms with Gasteiger partial charge in [0.05, 0.1) is 6.10 Å². The summed E-state index contributed by atoms with van der Waals surface area (Å²) in [6.45, 7) is 3.76. The molecule has 0 aliphatic carbocycles. The molecule has 0 heterocycles. The van der Waals surface area contributed by atoms with Gasteiger partial charge in [-0.15, -0.1) is 11.6 Å². The van der Waals surface area contributed by atoms with Crippen molar-refractivity contribution in [2.75, 3.05) is 5.88 Å². The molecule has 0 amide bonds. The van der Waals surface area contributed by atoms with Crippen LogP contribution in [-0.2, 0) is 9.53 Å². The average Bonchev–Trinajstić information content (AvgIpc) is 2.15. The van der Waals surface area contributed by atoms with Gasteiger partial charge in [0.15, 0.2) is 0 Å². The van der Waals surface area contributed by atoms with Gasteiger partial charge in [-0.3, -0.25) is 4.79 Å². The van der Waals surface area contributed by atoms with Crippen molar-refractivity contribution in [1.29, 1.82) is 0 Å². The zero-order valence-corrected chi connectivity index (χ0v) is 10.7. The maximum absolute atomic E-state index is 11.1. The fourth-order valence-electron chi connectivity index (χ4n) is 1.39. The first-order valence-corrected chi connectivity index (χ1v) is 6.45. The van der Waals surface area contributed by atoms with Crippen LogP contribution in [0.1, 0.15) is 58.8 Å². The van der Waals surface area contributed by atoms with Gasteiger partial charge in [-0.1, -0.05) is 25.7 Å². The molecular weight excluding hydrogens is 212 g/mol. The van der Waals surface area contributed by atoms with Crippen LogP contribution in [0.25, 0.3) is 0 Å². The van der Waals surface area contributed by atoms with Gasteiger partial charge in [-0.05, 0) is 26.7 Å². The van der Waals surface area contributed by atoms with Crippen molar-refractivity contribution in [2.24, 2.45) is 0 Å². The van der Waals surface area contributed by atoms with E-state index >= 15 is 0 Å². The molecule has 15 heavy (non-hydrogen) atoms. The molecule has 0 rings (SSSR count). The Morgan fingerprint density at radius 3 is 2.13 bits per heavy atom. The minimum Gasteiger partial charge on any atom is -0.463 e. The number of carbonyl (C=O) groups is 1. The van der Waals surface area contributed by atoms with Crippen molar-refractivity contribution < 1.29 is 9.53 Å². The van der Waals surface area contributed by atoms with Crippen LogP contribution in [0.5, 0.6) is 0 Å². The summed E-state index contributed by atoms with van der Waals surface area (Å²) < 4.78 is 5.04. The molecule has 90 valence electrons. The summed E-state index contributed by atoms with van der Waals surface area (Å²) in [5.74, 6) is 0.700. The van der Waals surface area contributed by atoms with Crippen molar-refractivity contribution in [3.63, 3.8) is 0 Å². The molecule has 0 aromatic carbocycles. The van der Waals surface area contributed by atoms with E-state index in [0.717, 1.165) is 25.1 Å². The molecule has 0 aliphatic rings. The lowest BCUT2D eigenvalue weighted by atomic mass is 10.1. The van der Waals surface area contributed by atoms with E-state index in [1.807, 2.05) is 13.8 Å². The summed E-state index contributed by atoms with van der Waals surface area (Å²) in [6.07, 6.45) is 7.39. The van der Waals surface area contributed by atoms with Gasteiger partial charge in [-0.25, -0.2) is 0 Å². The number of hydrogen-bond acceptors (Lipinski definition) is 2. The van der Waals surface area contributed by atoms with Crippen LogP contribution < -0.4 is 0 Å². The number of esters is 1. The number of alkyl halides is 1. The standard InChI is InChI=1S/C12H23ClO2/c1-11(2)15-12(14)9-7-5-3-4-6-8-10-13/h11H,3-10H2,1-2H3. The zero-order valence-electron chi connectivity index (χ0n) is 9.93. The Balaban J connectivity index is 3.13. The molecule has 0 aromatic rings. The average molecular weight is 235 g/mol. The van der Waals surface area contributed by atoms with Crippen molar-refractivity contribution in [1.82, 2.24) is 0 Å². The first kappa shape index (κ1) is 14.8. The normalized spacial score (nSPS) is 10.7. The molecule has 0 spiro atoms. The second-order valence-electron chi connectivity index (χ2n) is 4.10. The Bertz CT molecular complexity index is 158. The van der Waals surface area contributed by atoms with E-state index in [1.54, 1.807) is 0 Å². The number of rotatable bonds is 9. The molecule has 0 saturated heterocycles. The van der Waals surface area contributed by atoms with Crippen LogP contribution >= 0.6 is 11.6 Å². The molecule has 0 atom stereocenters. The van der Waals surface area contributed by atoms with Crippen LogP contribution in [0.2, 0.25) is 0 Å². The number of carbonyl (C=O) groups excluding carboxylic acids is 1. The van der Waals surface area contributed by atoms with E-state index in [1.165, 1.54) is 19.3 Å². The molecule has 0 aromatic heterocycles. The molecule has 0 fully saturated rings. The number of unbranched alkanes of at least 4 members (excludes halogenated alkanes) is 5. The van der Waals surface area contributed by atoms with E-state index in [-0.39, 0.29) is 12.1 Å². The quantitative estimate of drug-likeness (QED) is 0.344. The number of halogens is 1. The third-order valence-electron chi connectivity index (χ3n) is 2.13. The first-order valence-electron chi connectivity index (χ1n) is 5.92. The molecule has 0 radical (unpaired) electrons. The van der Waals surface area contributed by atoms with E-state index in [2.05, 4.69) is 0 Å². The van der Waals surface area contributed by atoms with E-state index < -0.39 is 0 Å². The largest absolute Gasteiger partial charge is 0.463 e. The third kappa shape index (κ3) is 11.7. The summed E-state index contributed by atoms with van der Waals surface area (Å²) in [6, 6.07) is 0. The Morgan fingerprint density at radius 1 is 1.07 bits per heavy atom. The topological polar surface area (TPSA) is 26.3 Å². The summed E-state index contributed by atoms with van der Waals surface area (Å²) in [5.41, 5.74) is 0. The smallest absolute Gasteiger partial charge is 0.306 e. The molecular formula is C12H23ClO2. The molecule has 0 aliphatic heterocycles. The molecule has 0 N–H and O–H groups in total. The van der Waals surface area contributed by atoms with Crippen LogP contribution in [0.15, 0.2) is 0 Å². The maximum atomic E-state index is 11.1. The highest BCUT2D eigenvalue weighted by Gasteiger charge is 2.04. The monoisotopic (exact) mass is 234 g/mol. The fraction of sp³-hybridized carbons (Fsp3) is 0.917. The minimum absolute atomic E-state index is 0.0150. The van der Waals surface area contributed by atoms with Gasteiger partial charge in [0.2, 0.25) is 0 Å². The highest BCUT2D eigenvalue weighted by atomic mass is 35.5. The Labute approximate surface area is 98.3 Å². The molecule has 2 nitrogen and oxygen atoms in total. The lowest BCUT2D eigenvalue weighted by Gasteiger charge is -2.07. The predicted octanol–water partition coefficient (Wildman–Crippen LogP) is 3.91. The number of hydrogen-bond donors (Lipinski definition) is 0. The maximum Gasteiger partial charge on any atom is 0.306 e. The fourth-order valence-corrected chi connectivity index (χ4v) is 1.58. The van der Waals surface area contributed by atoms with Gasteiger partial charge in [-0.2, -0.15) is 0 Å². The van der Waals surface area contributed by atoms with Gasteiger partial charge >= 0.3 is 5.97 Å². The SMILES string of the molecule is CC(C)OC(=O)CCCCCCCCCl. The lowest BCUT2D eigenvalue weighted by molar-refractivity contribution is -0.147. The van der Waals surface area contributed by atoms with Crippen LogP contribution in [0, 0.1) is 0 Å². The van der Waals surface area contributed by atoms with Gasteiger partial charge in [0, 0.05) is 12.3 Å². The third-order valence-corrected chi connectivity index (χ3v) is 2.40. The first-order chi connectivity index (χ1) is 7.16. The highest BCUT2D eigenvalue weighted by Crippen LogP contribution is 2.08. The summed E-state index contributed by atoms with van der Waals surface area (Å²) >= 11 is 5.57. The predicted molar refractivity (Wildman–Crippen MR) is 64.3 cm³/mol. The lowest BCUT2D eigenvalue weighted by Crippen LogP contribution is -2.10. The number of ether oxygens (including phenoxy) is 1. The van der Waals surface area contributed by atoms with Crippen molar-refractivity contribution in [3.8, 4) is 0 Å². The Kier molecular flexibility index (Phi) is 10.1. The van der Waals surface area contributed by atoms with E-state index in [0.29, 0.717) is 6.42 Å². The minimum atomic E-state index is -0.0641. The van der Waals surface area contributed by atoms with E-state index in [4.69, 9.17) is 16.3 Å². The summed E-state index contributed by atoms with van der Waals surface area (Å²) in [7, 11) is 0. The second kappa shape index (κ2) is 10.3. The zero-order chi connectivity index (χ0) is 11.5. The van der Waals surface area contributed by atoms with Gasteiger partial charge in [0.25, 0.3) is 0 Å². The second-order valence-corrected chi connectivity index (χ2v) is 4.48. The Morgan fingerprint density at radius 2 is 1.60 bits per heavy atom. The van der Waals surface area contributed by atoms with Crippen molar-refractivity contribution >= 4 is 17.6 Å². The van der Waals surface area contributed by atoms with Crippen LogP contribution in [0.4, 0.5) is 0 Å². The van der Waals surface area contributed by atoms with Crippen LogP contribution in [0.3, 0.4) is 0 Å². The molecule has 0 saturated carbocycles. The molecule has 0 bridgehead atoms. The highest BCUT2D eigenvalue weighted by molar-refractivity contribution is 6.17. The van der Waals surface area contributed by atoms with Crippen LogP contribution in [-0.4, -0.2) is 18.0 Å². The molecule has 3 heteroatoms. The van der Waals surface area contributed by atoms with E-state index in [9.17, 15) is 4.79 Å². The van der Waals surface area contributed by atoms with Gasteiger partial charge in [0.1, 0.15) is 0 Å². The Hall–Kier alpha value is -0.240. The van der Waals surface area contributed by atoms with Gasteiger partial charge < -0.3 is 4.74 Å².